The highest BCUT2D eigenvalue weighted by Crippen LogP contribution is 2.31. The molecule has 0 saturated heterocycles. The number of rotatable bonds is 3. The fourth-order valence-electron chi connectivity index (χ4n) is 0.880. The molecule has 0 aromatic heterocycles. The van der Waals surface area contributed by atoms with E-state index in [0.29, 0.717) is 15.8 Å². The van der Waals surface area contributed by atoms with Crippen molar-refractivity contribution in [2.75, 3.05) is 16.2 Å². The Balaban J connectivity index is 3.12. The number of hydrogen-bond acceptors (Lipinski definition) is 3. The van der Waals surface area contributed by atoms with Gasteiger partial charge in [-0.1, -0.05) is 11.6 Å². The fourth-order valence-corrected chi connectivity index (χ4v) is 2.15. The highest BCUT2D eigenvalue weighted by molar-refractivity contribution is 9.10. The minimum Gasteiger partial charge on any atom is -0.398 e. The summed E-state index contributed by atoms with van der Waals surface area (Å²) in [5, 5.41) is 0.271. The maximum absolute atomic E-state index is 11.3. The van der Waals surface area contributed by atoms with Crippen molar-refractivity contribution in [2.24, 2.45) is 0 Å². The van der Waals surface area contributed by atoms with Crippen molar-refractivity contribution in [3.05, 3.63) is 21.6 Å². The third kappa shape index (κ3) is 3.25. The van der Waals surface area contributed by atoms with Crippen LogP contribution in [0.25, 0.3) is 0 Å². The van der Waals surface area contributed by atoms with Crippen LogP contribution >= 0.6 is 27.5 Å². The number of anilines is 2. The average Bonchev–Trinajstić information content (AvgIpc) is 2.14. The molecule has 0 bridgehead atoms. The lowest BCUT2D eigenvalue weighted by Gasteiger charge is -2.09. The Bertz CT molecular complexity index is 476. The van der Waals surface area contributed by atoms with E-state index in [1.54, 1.807) is 6.92 Å². The first-order chi connectivity index (χ1) is 6.85. The van der Waals surface area contributed by atoms with Crippen LogP contribution in [0.15, 0.2) is 16.6 Å². The Kier molecular flexibility index (Phi) is 3.86. The van der Waals surface area contributed by atoms with E-state index in [9.17, 15) is 8.42 Å². The van der Waals surface area contributed by atoms with Crippen molar-refractivity contribution in [2.45, 2.75) is 6.92 Å². The molecule has 0 aliphatic carbocycles. The molecule has 0 atom stereocenters. The molecule has 1 aromatic carbocycles. The quantitative estimate of drug-likeness (QED) is 0.842. The van der Waals surface area contributed by atoms with E-state index >= 15 is 0 Å². The average molecular weight is 314 g/mol. The zero-order valence-corrected chi connectivity index (χ0v) is 11.1. The molecule has 0 heterocycles. The van der Waals surface area contributed by atoms with Crippen LogP contribution in [-0.4, -0.2) is 14.2 Å². The largest absolute Gasteiger partial charge is 0.398 e. The lowest BCUT2D eigenvalue weighted by atomic mass is 10.3. The molecule has 0 amide bonds. The van der Waals surface area contributed by atoms with Gasteiger partial charge >= 0.3 is 0 Å². The summed E-state index contributed by atoms with van der Waals surface area (Å²) in [6, 6.07) is 3.02. The molecular formula is C8H10BrClN2O2S. The monoisotopic (exact) mass is 312 g/mol. The molecular weight excluding hydrogens is 304 g/mol. The zero-order chi connectivity index (χ0) is 11.6. The third-order valence-corrected chi connectivity index (χ3v) is 4.02. The van der Waals surface area contributed by atoms with Gasteiger partial charge < -0.3 is 5.73 Å². The number of benzene rings is 1. The molecule has 0 fully saturated rings. The second kappa shape index (κ2) is 4.59. The van der Waals surface area contributed by atoms with Crippen molar-refractivity contribution in [3.63, 3.8) is 0 Å². The van der Waals surface area contributed by atoms with Crippen molar-refractivity contribution in [3.8, 4) is 0 Å². The Morgan fingerprint density at radius 3 is 2.67 bits per heavy atom. The summed E-state index contributed by atoms with van der Waals surface area (Å²) in [6.45, 7) is 1.54. The van der Waals surface area contributed by atoms with E-state index < -0.39 is 10.0 Å². The predicted molar refractivity (Wildman–Crippen MR) is 66.6 cm³/mol. The smallest absolute Gasteiger partial charge is 0.232 e. The van der Waals surface area contributed by atoms with Crippen LogP contribution < -0.4 is 10.5 Å². The lowest BCUT2D eigenvalue weighted by Crippen LogP contribution is -2.15. The van der Waals surface area contributed by atoms with Crippen LogP contribution in [0.3, 0.4) is 0 Å². The summed E-state index contributed by atoms with van der Waals surface area (Å²) in [5.74, 6) is -0.00861. The summed E-state index contributed by atoms with van der Waals surface area (Å²) in [6.07, 6.45) is 0. The van der Waals surface area contributed by atoms with Crippen LogP contribution in [-0.2, 0) is 10.0 Å². The summed E-state index contributed by atoms with van der Waals surface area (Å²) >= 11 is 9.03. The van der Waals surface area contributed by atoms with E-state index in [1.165, 1.54) is 12.1 Å². The number of hydrogen-bond donors (Lipinski definition) is 2. The number of nitrogens with one attached hydrogen (secondary N) is 1. The molecule has 0 aliphatic rings. The second-order valence-electron chi connectivity index (χ2n) is 2.86. The number of halogens is 2. The third-order valence-electron chi connectivity index (χ3n) is 1.73. The van der Waals surface area contributed by atoms with Gasteiger partial charge in [0, 0.05) is 10.2 Å². The van der Waals surface area contributed by atoms with Crippen molar-refractivity contribution < 1.29 is 8.42 Å². The van der Waals surface area contributed by atoms with Gasteiger partial charge in [0.2, 0.25) is 10.0 Å². The van der Waals surface area contributed by atoms with Gasteiger partial charge in [-0.15, -0.1) is 0 Å². The van der Waals surface area contributed by atoms with Gasteiger partial charge in [0.25, 0.3) is 0 Å². The van der Waals surface area contributed by atoms with E-state index in [1.807, 2.05) is 0 Å². The molecule has 0 radical (unpaired) electrons. The zero-order valence-electron chi connectivity index (χ0n) is 7.92. The molecule has 84 valence electrons. The molecule has 3 N–H and O–H groups in total. The SMILES string of the molecule is CCS(=O)(=O)Nc1cc(Br)c(N)cc1Cl. The van der Waals surface area contributed by atoms with Gasteiger partial charge in [0.05, 0.1) is 16.5 Å². The van der Waals surface area contributed by atoms with Gasteiger partial charge in [0.1, 0.15) is 0 Å². The topological polar surface area (TPSA) is 72.2 Å². The van der Waals surface area contributed by atoms with Crippen molar-refractivity contribution in [1.29, 1.82) is 0 Å². The predicted octanol–water partition coefficient (Wildman–Crippen LogP) is 2.45. The summed E-state index contributed by atoms with van der Waals surface area (Å²) < 4.78 is 25.6. The number of sulfonamides is 1. The van der Waals surface area contributed by atoms with Crippen molar-refractivity contribution in [1.82, 2.24) is 0 Å². The van der Waals surface area contributed by atoms with E-state index in [0.717, 1.165) is 0 Å². The van der Waals surface area contributed by atoms with Crippen LogP contribution in [0, 0.1) is 0 Å². The van der Waals surface area contributed by atoms with Crippen molar-refractivity contribution >= 4 is 48.9 Å². The molecule has 0 saturated carbocycles. The van der Waals surface area contributed by atoms with Crippen LogP contribution in [0.4, 0.5) is 11.4 Å². The van der Waals surface area contributed by atoms with Gasteiger partial charge in [-0.2, -0.15) is 0 Å². The maximum atomic E-state index is 11.3. The minimum absolute atomic E-state index is 0.00861. The molecule has 1 rings (SSSR count). The van der Waals surface area contributed by atoms with Gasteiger partial charge in [0.15, 0.2) is 0 Å². The van der Waals surface area contributed by atoms with Crippen LogP contribution in [0.1, 0.15) is 6.92 Å². The van der Waals surface area contributed by atoms with Crippen LogP contribution in [0.2, 0.25) is 5.02 Å². The highest BCUT2D eigenvalue weighted by atomic mass is 79.9. The van der Waals surface area contributed by atoms with E-state index in [2.05, 4.69) is 20.7 Å². The minimum atomic E-state index is -3.32. The van der Waals surface area contributed by atoms with Crippen LogP contribution in [0.5, 0.6) is 0 Å². The lowest BCUT2D eigenvalue weighted by molar-refractivity contribution is 0.602. The first-order valence-electron chi connectivity index (χ1n) is 4.10. The maximum Gasteiger partial charge on any atom is 0.232 e. The van der Waals surface area contributed by atoms with Gasteiger partial charge in [-0.25, -0.2) is 8.42 Å². The van der Waals surface area contributed by atoms with Gasteiger partial charge in [-0.3, -0.25) is 4.72 Å². The summed E-state index contributed by atoms with van der Waals surface area (Å²) in [7, 11) is -3.32. The second-order valence-corrected chi connectivity index (χ2v) is 6.13. The Hall–Kier alpha value is -0.460. The normalized spacial score (nSPS) is 11.4. The highest BCUT2D eigenvalue weighted by Gasteiger charge is 2.11. The molecule has 15 heavy (non-hydrogen) atoms. The molecule has 0 unspecified atom stereocenters. The Morgan fingerprint density at radius 2 is 2.13 bits per heavy atom. The van der Waals surface area contributed by atoms with E-state index in [-0.39, 0.29) is 10.8 Å². The first-order valence-corrected chi connectivity index (χ1v) is 6.93. The molecule has 0 aliphatic heterocycles. The number of nitrogens with two attached hydrogens (primary N) is 1. The Morgan fingerprint density at radius 1 is 1.53 bits per heavy atom. The number of nitrogen functional groups attached to an aromatic ring is 1. The van der Waals surface area contributed by atoms with E-state index in [4.69, 9.17) is 17.3 Å². The summed E-state index contributed by atoms with van der Waals surface area (Å²) in [4.78, 5) is 0. The summed E-state index contributed by atoms with van der Waals surface area (Å²) in [5.41, 5.74) is 6.35. The molecule has 4 nitrogen and oxygen atoms in total. The first kappa shape index (κ1) is 12.6. The Labute approximate surface area is 102 Å². The standard InChI is InChI=1S/C8H10BrClN2O2S/c1-2-15(13,14)12-8-3-5(9)7(11)4-6(8)10/h3-4,12H,2,11H2,1H3. The fraction of sp³-hybridized carbons (Fsp3) is 0.250. The van der Waals surface area contributed by atoms with Gasteiger partial charge in [-0.05, 0) is 35.0 Å². The molecule has 1 aromatic rings. The molecule has 0 spiro atoms. The molecule has 7 heteroatoms.